The molecule has 0 aliphatic heterocycles. The van der Waals surface area contributed by atoms with Crippen LogP contribution in [0.4, 0.5) is 0 Å². The predicted octanol–water partition coefficient (Wildman–Crippen LogP) is 2.08. The highest BCUT2D eigenvalue weighted by atomic mass is 79.9. The number of primary amides is 1. The van der Waals surface area contributed by atoms with E-state index in [1.807, 2.05) is 19.9 Å². The van der Waals surface area contributed by atoms with Gasteiger partial charge < -0.3 is 11.1 Å². The second kappa shape index (κ2) is 6.54. The summed E-state index contributed by atoms with van der Waals surface area (Å²) in [5, 5.41) is 2.66. The summed E-state index contributed by atoms with van der Waals surface area (Å²) in [6.45, 7) is 3.95. The second-order valence-corrected chi connectivity index (χ2v) is 5.48. The molecule has 0 saturated heterocycles. The molecule has 0 aliphatic rings. The molecule has 1 rings (SSSR count). The van der Waals surface area contributed by atoms with Crippen LogP contribution in [0, 0.1) is 5.92 Å². The van der Waals surface area contributed by atoms with Crippen LogP contribution < -0.4 is 11.1 Å². The first-order valence-electron chi connectivity index (χ1n) is 5.76. The molecule has 0 spiro atoms. The van der Waals surface area contributed by atoms with Crippen molar-refractivity contribution in [2.75, 3.05) is 0 Å². The largest absolute Gasteiger partial charge is 0.368 e. The molecule has 1 atom stereocenters. The van der Waals surface area contributed by atoms with Crippen LogP contribution in [0.1, 0.15) is 30.6 Å². The van der Waals surface area contributed by atoms with Crippen LogP contribution in [0.3, 0.4) is 0 Å². The lowest BCUT2D eigenvalue weighted by Crippen LogP contribution is -2.45. The number of hydrogen-bond acceptors (Lipinski definition) is 2. The molecule has 0 radical (unpaired) electrons. The summed E-state index contributed by atoms with van der Waals surface area (Å²) in [5.74, 6) is -0.516. The molecular weight excluding hydrogens is 296 g/mol. The van der Waals surface area contributed by atoms with Crippen LogP contribution in [0.25, 0.3) is 0 Å². The van der Waals surface area contributed by atoms with Gasteiger partial charge in [-0.05, 0) is 30.5 Å². The van der Waals surface area contributed by atoms with E-state index in [-0.39, 0.29) is 11.8 Å². The number of nitrogens with two attached hydrogens (primary N) is 1. The maximum absolute atomic E-state index is 12.0. The van der Waals surface area contributed by atoms with E-state index >= 15 is 0 Å². The number of halogens is 1. The van der Waals surface area contributed by atoms with Gasteiger partial charge in [-0.2, -0.15) is 0 Å². The monoisotopic (exact) mass is 312 g/mol. The highest BCUT2D eigenvalue weighted by molar-refractivity contribution is 9.10. The molecule has 4 nitrogen and oxygen atoms in total. The fraction of sp³-hybridized carbons (Fsp3) is 0.385. The number of carbonyl (C=O) groups is 2. The van der Waals surface area contributed by atoms with Gasteiger partial charge in [0.05, 0.1) is 0 Å². The Kier molecular flexibility index (Phi) is 5.34. The quantitative estimate of drug-likeness (QED) is 0.873. The summed E-state index contributed by atoms with van der Waals surface area (Å²) in [7, 11) is 0. The SMILES string of the molecule is CC(C)C[C@@H](NC(=O)c1cccc(Br)c1)C(N)=O. The average Bonchev–Trinajstić information content (AvgIpc) is 2.27. The number of hydrogen-bond donors (Lipinski definition) is 2. The summed E-state index contributed by atoms with van der Waals surface area (Å²) >= 11 is 3.29. The molecule has 3 N–H and O–H groups in total. The summed E-state index contributed by atoms with van der Waals surface area (Å²) in [5.41, 5.74) is 5.78. The van der Waals surface area contributed by atoms with E-state index in [1.54, 1.807) is 18.2 Å². The number of amides is 2. The van der Waals surface area contributed by atoms with Crippen LogP contribution >= 0.6 is 15.9 Å². The average molecular weight is 313 g/mol. The van der Waals surface area contributed by atoms with Gasteiger partial charge in [0.25, 0.3) is 5.91 Å². The third-order valence-corrected chi connectivity index (χ3v) is 2.94. The van der Waals surface area contributed by atoms with Gasteiger partial charge in [-0.25, -0.2) is 0 Å². The minimum Gasteiger partial charge on any atom is -0.368 e. The molecule has 0 fully saturated rings. The Morgan fingerprint density at radius 3 is 2.56 bits per heavy atom. The first kappa shape index (κ1) is 14.7. The normalized spacial score (nSPS) is 12.2. The second-order valence-electron chi connectivity index (χ2n) is 4.57. The van der Waals surface area contributed by atoms with Crippen molar-refractivity contribution in [3.05, 3.63) is 34.3 Å². The van der Waals surface area contributed by atoms with Crippen molar-refractivity contribution in [1.82, 2.24) is 5.32 Å². The molecule has 0 aromatic heterocycles. The van der Waals surface area contributed by atoms with E-state index in [1.165, 1.54) is 0 Å². The van der Waals surface area contributed by atoms with Gasteiger partial charge in [-0.15, -0.1) is 0 Å². The molecule has 18 heavy (non-hydrogen) atoms. The molecule has 0 saturated carbocycles. The number of rotatable bonds is 5. The summed E-state index contributed by atoms with van der Waals surface area (Å²) in [4.78, 5) is 23.2. The maximum Gasteiger partial charge on any atom is 0.251 e. The molecule has 5 heteroatoms. The van der Waals surface area contributed by atoms with Gasteiger partial charge in [0.2, 0.25) is 5.91 Å². The number of carbonyl (C=O) groups excluding carboxylic acids is 2. The first-order valence-corrected chi connectivity index (χ1v) is 6.55. The van der Waals surface area contributed by atoms with Gasteiger partial charge in [0, 0.05) is 10.0 Å². The predicted molar refractivity (Wildman–Crippen MR) is 74.0 cm³/mol. The van der Waals surface area contributed by atoms with Crippen LogP contribution in [-0.4, -0.2) is 17.9 Å². The molecule has 1 aromatic rings. The standard InChI is InChI=1S/C13H17BrN2O2/c1-8(2)6-11(12(15)17)16-13(18)9-4-3-5-10(14)7-9/h3-5,7-8,11H,6H2,1-2H3,(H2,15,17)(H,16,18)/t11-/m1/s1. The molecule has 1 aromatic carbocycles. The van der Waals surface area contributed by atoms with Crippen molar-refractivity contribution >= 4 is 27.7 Å². The summed E-state index contributed by atoms with van der Waals surface area (Å²) in [6.07, 6.45) is 0.537. The molecule has 0 heterocycles. The Morgan fingerprint density at radius 2 is 2.06 bits per heavy atom. The molecule has 2 amide bonds. The fourth-order valence-corrected chi connectivity index (χ4v) is 1.99. The van der Waals surface area contributed by atoms with E-state index < -0.39 is 11.9 Å². The van der Waals surface area contributed by atoms with Gasteiger partial charge in [-0.3, -0.25) is 9.59 Å². The number of benzene rings is 1. The number of nitrogens with one attached hydrogen (secondary N) is 1. The van der Waals surface area contributed by atoms with Gasteiger partial charge in [0.1, 0.15) is 6.04 Å². The van der Waals surface area contributed by atoms with Crippen LogP contribution in [-0.2, 0) is 4.79 Å². The van der Waals surface area contributed by atoms with E-state index in [4.69, 9.17) is 5.73 Å². The van der Waals surface area contributed by atoms with Crippen LogP contribution in [0.5, 0.6) is 0 Å². The lowest BCUT2D eigenvalue weighted by Gasteiger charge is -2.17. The van der Waals surface area contributed by atoms with Crippen molar-refractivity contribution in [3.8, 4) is 0 Å². The van der Waals surface area contributed by atoms with E-state index in [2.05, 4.69) is 21.2 Å². The van der Waals surface area contributed by atoms with Crippen molar-refractivity contribution in [2.45, 2.75) is 26.3 Å². The molecule has 98 valence electrons. The first-order chi connectivity index (χ1) is 8.40. The topological polar surface area (TPSA) is 72.2 Å². The molecule has 0 bridgehead atoms. The van der Waals surface area contributed by atoms with Crippen molar-refractivity contribution < 1.29 is 9.59 Å². The Hall–Kier alpha value is -1.36. The zero-order chi connectivity index (χ0) is 13.7. The van der Waals surface area contributed by atoms with E-state index in [9.17, 15) is 9.59 Å². The maximum atomic E-state index is 12.0. The molecule has 0 unspecified atom stereocenters. The van der Waals surface area contributed by atoms with Gasteiger partial charge in [-0.1, -0.05) is 35.8 Å². The Balaban J connectivity index is 2.75. The Bertz CT molecular complexity index is 446. The highest BCUT2D eigenvalue weighted by Crippen LogP contribution is 2.12. The summed E-state index contributed by atoms with van der Waals surface area (Å²) < 4.78 is 0.814. The van der Waals surface area contributed by atoms with Crippen LogP contribution in [0.2, 0.25) is 0 Å². The van der Waals surface area contributed by atoms with E-state index in [0.717, 1.165) is 4.47 Å². The summed E-state index contributed by atoms with van der Waals surface area (Å²) in [6, 6.07) is 6.35. The van der Waals surface area contributed by atoms with Gasteiger partial charge in [0.15, 0.2) is 0 Å². The third kappa shape index (κ3) is 4.49. The lowest BCUT2D eigenvalue weighted by molar-refractivity contribution is -0.120. The fourth-order valence-electron chi connectivity index (χ4n) is 1.59. The minimum absolute atomic E-state index is 0.283. The zero-order valence-electron chi connectivity index (χ0n) is 10.4. The smallest absolute Gasteiger partial charge is 0.251 e. The van der Waals surface area contributed by atoms with Crippen molar-refractivity contribution in [3.63, 3.8) is 0 Å². The van der Waals surface area contributed by atoms with Crippen molar-refractivity contribution in [2.24, 2.45) is 11.7 Å². The molecule has 0 aliphatic carbocycles. The molecular formula is C13H17BrN2O2. The minimum atomic E-state index is -0.628. The third-order valence-electron chi connectivity index (χ3n) is 2.44. The Labute approximate surface area is 115 Å². The van der Waals surface area contributed by atoms with E-state index in [0.29, 0.717) is 12.0 Å². The van der Waals surface area contributed by atoms with Crippen molar-refractivity contribution in [1.29, 1.82) is 0 Å². The zero-order valence-corrected chi connectivity index (χ0v) is 12.0. The van der Waals surface area contributed by atoms with Crippen LogP contribution in [0.15, 0.2) is 28.7 Å². The highest BCUT2D eigenvalue weighted by Gasteiger charge is 2.19. The Morgan fingerprint density at radius 1 is 1.39 bits per heavy atom. The lowest BCUT2D eigenvalue weighted by atomic mass is 10.0. The van der Waals surface area contributed by atoms with Gasteiger partial charge >= 0.3 is 0 Å².